The number of nitrogens with one attached hydrogen (secondary N) is 1. The van der Waals surface area contributed by atoms with Crippen molar-refractivity contribution in [2.24, 2.45) is 0 Å². The van der Waals surface area contributed by atoms with Crippen LogP contribution in [0.2, 0.25) is 0 Å². The third-order valence-corrected chi connectivity index (χ3v) is 5.12. The molecule has 1 atom stereocenters. The first-order valence-corrected chi connectivity index (χ1v) is 10.5. The smallest absolute Gasteiger partial charge is 0.408 e. The Morgan fingerprint density at radius 3 is 2.10 bits per heavy atom. The first-order valence-electron chi connectivity index (χ1n) is 8.35. The van der Waals surface area contributed by atoms with Crippen LogP contribution in [-0.2, 0) is 16.0 Å². The predicted octanol–water partition coefficient (Wildman–Crippen LogP) is 2.91. The van der Waals surface area contributed by atoms with E-state index in [0.29, 0.717) is 17.4 Å². The second-order valence-corrected chi connectivity index (χ2v) is 9.39. The van der Waals surface area contributed by atoms with Crippen LogP contribution in [0.15, 0.2) is 24.3 Å². The second kappa shape index (κ2) is 9.28. The lowest BCUT2D eigenvalue weighted by molar-refractivity contribution is -0.148. The number of rotatable bonds is 5. The van der Waals surface area contributed by atoms with E-state index in [4.69, 9.17) is 9.57 Å². The second-order valence-electron chi connectivity index (χ2n) is 7.07. The summed E-state index contributed by atoms with van der Waals surface area (Å²) >= 11 is 3.91. The molecule has 0 saturated heterocycles. The van der Waals surface area contributed by atoms with Crippen molar-refractivity contribution in [3.05, 3.63) is 37.0 Å². The number of phenolic OH excluding ortho intramolecular Hbond substituents is 1. The van der Waals surface area contributed by atoms with Crippen LogP contribution in [0.3, 0.4) is 0 Å². The van der Waals surface area contributed by atoms with Crippen LogP contribution in [0.5, 0.6) is 17.5 Å². The highest BCUT2D eigenvalue weighted by Gasteiger charge is 2.28. The Balaban J connectivity index is 2.27. The summed E-state index contributed by atoms with van der Waals surface area (Å²) in [6.07, 6.45) is -0.809. The molecule has 9 nitrogen and oxygen atoms in total. The number of nitrogens with zero attached hydrogens (tertiary/aromatic N) is 1. The molecule has 0 saturated carbocycles. The first-order chi connectivity index (χ1) is 13.4. The van der Waals surface area contributed by atoms with Gasteiger partial charge in [-0.15, -0.1) is 4.73 Å². The summed E-state index contributed by atoms with van der Waals surface area (Å²) in [5, 5.41) is 31.7. The Labute approximate surface area is 194 Å². The van der Waals surface area contributed by atoms with E-state index in [1.165, 1.54) is 0 Å². The van der Waals surface area contributed by atoms with Gasteiger partial charge in [-0.05, 0) is 83.6 Å². The van der Waals surface area contributed by atoms with Crippen LogP contribution >= 0.6 is 45.2 Å². The quantitative estimate of drug-likeness (QED) is 0.374. The summed E-state index contributed by atoms with van der Waals surface area (Å²) in [7, 11) is 0. The lowest BCUT2D eigenvalue weighted by atomic mass is 10.1. The highest BCUT2D eigenvalue weighted by Crippen LogP contribution is 2.28. The topological polar surface area (TPSA) is 130 Å². The monoisotopic (exact) mass is 630 g/mol. The summed E-state index contributed by atoms with van der Waals surface area (Å²) in [5.41, 5.74) is -0.130. The Kier molecular flexibility index (Phi) is 7.48. The van der Waals surface area contributed by atoms with E-state index < -0.39 is 35.5 Å². The molecule has 11 heteroatoms. The lowest BCUT2D eigenvalue weighted by Crippen LogP contribution is -2.47. The van der Waals surface area contributed by atoms with E-state index in [1.807, 2.05) is 45.2 Å². The fraction of sp³-hybridized carbons (Fsp3) is 0.333. The molecule has 4 N–H and O–H groups in total. The van der Waals surface area contributed by atoms with Crippen molar-refractivity contribution in [2.75, 3.05) is 0 Å². The largest absolute Gasteiger partial charge is 0.506 e. The van der Waals surface area contributed by atoms with Gasteiger partial charge in [-0.25, -0.2) is 9.59 Å². The number of ether oxygens (including phenoxy) is 1. The van der Waals surface area contributed by atoms with Crippen LogP contribution in [0, 0.1) is 7.14 Å². The van der Waals surface area contributed by atoms with Crippen LogP contribution in [0.4, 0.5) is 4.79 Å². The molecule has 2 aromatic rings. The van der Waals surface area contributed by atoms with Crippen molar-refractivity contribution in [1.82, 2.24) is 10.0 Å². The molecule has 0 radical (unpaired) electrons. The van der Waals surface area contributed by atoms with Crippen LogP contribution in [-0.4, -0.2) is 43.8 Å². The van der Waals surface area contributed by atoms with Gasteiger partial charge in [0.2, 0.25) is 11.8 Å². The molecule has 0 bridgehead atoms. The number of aromatic nitrogens is 1. The Morgan fingerprint density at radius 1 is 1.10 bits per heavy atom. The minimum Gasteiger partial charge on any atom is -0.506 e. The average molecular weight is 630 g/mol. The van der Waals surface area contributed by atoms with Gasteiger partial charge in [-0.1, -0.05) is 0 Å². The molecule has 0 aliphatic rings. The molecule has 29 heavy (non-hydrogen) atoms. The summed E-state index contributed by atoms with van der Waals surface area (Å²) < 4.78 is 6.89. The van der Waals surface area contributed by atoms with Crippen molar-refractivity contribution in [3.8, 4) is 17.5 Å². The number of benzene rings is 1. The highest BCUT2D eigenvalue weighted by atomic mass is 127. The number of hydrogen-bond donors (Lipinski definition) is 4. The van der Waals surface area contributed by atoms with Gasteiger partial charge in [0.25, 0.3) is 0 Å². The highest BCUT2D eigenvalue weighted by molar-refractivity contribution is 14.1. The van der Waals surface area contributed by atoms with E-state index in [1.54, 1.807) is 32.9 Å². The molecule has 1 aromatic carbocycles. The summed E-state index contributed by atoms with van der Waals surface area (Å²) in [5.74, 6) is -1.78. The summed E-state index contributed by atoms with van der Waals surface area (Å²) in [4.78, 5) is 29.9. The van der Waals surface area contributed by atoms with Gasteiger partial charge >= 0.3 is 12.1 Å². The van der Waals surface area contributed by atoms with E-state index in [2.05, 4.69) is 5.32 Å². The third-order valence-electron chi connectivity index (χ3n) is 3.47. The van der Waals surface area contributed by atoms with Gasteiger partial charge in [0, 0.05) is 18.6 Å². The van der Waals surface area contributed by atoms with Gasteiger partial charge in [0.1, 0.15) is 17.4 Å². The number of carbonyl (C=O) groups is 2. The minimum atomic E-state index is -1.19. The van der Waals surface area contributed by atoms with Crippen molar-refractivity contribution in [3.63, 3.8) is 0 Å². The normalized spacial score (nSPS) is 12.3. The Hall–Kier alpha value is -1.90. The number of halogens is 2. The van der Waals surface area contributed by atoms with E-state index >= 15 is 0 Å². The Morgan fingerprint density at radius 2 is 1.62 bits per heavy atom. The average Bonchev–Trinajstić information content (AvgIpc) is 2.89. The van der Waals surface area contributed by atoms with E-state index in [-0.39, 0.29) is 12.2 Å². The maximum absolute atomic E-state index is 12.7. The first kappa shape index (κ1) is 23.4. The number of amides is 1. The van der Waals surface area contributed by atoms with Crippen molar-refractivity contribution >= 4 is 57.2 Å². The fourth-order valence-corrected chi connectivity index (χ4v) is 4.16. The van der Waals surface area contributed by atoms with E-state index in [9.17, 15) is 24.9 Å². The zero-order valence-electron chi connectivity index (χ0n) is 15.8. The standard InChI is InChI=1S/C18H20I2N2O7/c1-18(2,3)28-17(27)21-12(8-9-6-10(19)15(25)11(20)7-9)16(26)29-22-13(23)4-5-14(22)24/h4-7,12,23-25H,8H2,1-3H3,(H,21,27)/t12-/m0/s1. The van der Waals surface area contributed by atoms with Crippen LogP contribution < -0.4 is 10.2 Å². The number of alkyl carbamates (subject to hydrolysis) is 1. The lowest BCUT2D eigenvalue weighted by Gasteiger charge is -2.23. The number of hydrogen-bond acceptors (Lipinski definition) is 7. The summed E-state index contributed by atoms with van der Waals surface area (Å²) in [6, 6.07) is 4.43. The molecule has 0 spiro atoms. The SMILES string of the molecule is CC(C)(C)OC(=O)N[C@@H](Cc1cc(I)c(O)c(I)c1)C(=O)On1c(O)ccc1O. The zero-order valence-corrected chi connectivity index (χ0v) is 20.1. The van der Waals surface area contributed by atoms with Gasteiger partial charge in [0.15, 0.2) is 0 Å². The molecular weight excluding hydrogens is 610 g/mol. The van der Waals surface area contributed by atoms with Crippen LogP contribution in [0.1, 0.15) is 26.3 Å². The molecule has 2 rings (SSSR count). The maximum Gasteiger partial charge on any atom is 0.408 e. The summed E-state index contributed by atoms with van der Waals surface area (Å²) in [6.45, 7) is 5.04. The number of carbonyl (C=O) groups excluding carboxylic acids is 2. The molecular formula is C18H20I2N2O7. The van der Waals surface area contributed by atoms with E-state index in [0.717, 1.165) is 12.1 Å². The van der Waals surface area contributed by atoms with Gasteiger partial charge in [0.05, 0.1) is 7.14 Å². The molecule has 0 fully saturated rings. The molecule has 1 amide bonds. The molecule has 0 aliphatic carbocycles. The van der Waals surface area contributed by atoms with Crippen molar-refractivity contribution < 1.29 is 34.5 Å². The molecule has 1 aromatic heterocycles. The number of aromatic hydroxyl groups is 3. The molecule has 158 valence electrons. The van der Waals surface area contributed by atoms with Crippen LogP contribution in [0.25, 0.3) is 0 Å². The fourth-order valence-electron chi connectivity index (χ4n) is 2.26. The van der Waals surface area contributed by atoms with Crippen molar-refractivity contribution in [1.29, 1.82) is 0 Å². The number of phenols is 1. The third kappa shape index (κ3) is 6.55. The maximum atomic E-state index is 12.7. The minimum absolute atomic E-state index is 0.0210. The zero-order chi connectivity index (χ0) is 21.9. The molecule has 1 heterocycles. The van der Waals surface area contributed by atoms with Gasteiger partial charge < -0.3 is 30.2 Å². The van der Waals surface area contributed by atoms with Gasteiger partial charge in [-0.2, -0.15) is 0 Å². The molecule has 0 unspecified atom stereocenters. The van der Waals surface area contributed by atoms with Gasteiger partial charge in [-0.3, -0.25) is 0 Å². The molecule has 0 aliphatic heterocycles. The predicted molar refractivity (Wildman–Crippen MR) is 120 cm³/mol. The Bertz CT molecular complexity index is 879. The van der Waals surface area contributed by atoms with Crippen molar-refractivity contribution in [2.45, 2.75) is 38.8 Å².